The SMILES string of the molecule is CCCNC(=O)CNc1cccc(NCCC)c1[N+](=O)[O-]. The molecule has 1 rings (SSSR count). The number of para-hydroxylation sites is 1. The van der Waals surface area contributed by atoms with Crippen molar-refractivity contribution in [3.8, 4) is 0 Å². The molecule has 21 heavy (non-hydrogen) atoms. The molecule has 1 aromatic carbocycles. The molecule has 7 nitrogen and oxygen atoms in total. The van der Waals surface area contributed by atoms with E-state index in [0.717, 1.165) is 12.8 Å². The monoisotopic (exact) mass is 294 g/mol. The van der Waals surface area contributed by atoms with Crippen molar-refractivity contribution in [2.24, 2.45) is 0 Å². The summed E-state index contributed by atoms with van der Waals surface area (Å²) in [4.78, 5) is 22.4. The molecule has 116 valence electrons. The topological polar surface area (TPSA) is 96.3 Å². The van der Waals surface area contributed by atoms with Crippen LogP contribution in [0.1, 0.15) is 26.7 Å². The number of carbonyl (C=O) groups excluding carboxylic acids is 1. The van der Waals surface area contributed by atoms with E-state index >= 15 is 0 Å². The number of nitrogens with zero attached hydrogens (tertiary/aromatic N) is 1. The Hall–Kier alpha value is -2.31. The number of nitro benzene ring substituents is 1. The van der Waals surface area contributed by atoms with Gasteiger partial charge in [0.2, 0.25) is 5.91 Å². The van der Waals surface area contributed by atoms with Crippen molar-refractivity contribution in [1.82, 2.24) is 5.32 Å². The first-order valence-corrected chi connectivity index (χ1v) is 7.12. The lowest BCUT2D eigenvalue weighted by Gasteiger charge is -2.11. The van der Waals surface area contributed by atoms with Gasteiger partial charge < -0.3 is 16.0 Å². The van der Waals surface area contributed by atoms with Gasteiger partial charge in [0.15, 0.2) is 0 Å². The molecule has 0 radical (unpaired) electrons. The highest BCUT2D eigenvalue weighted by Gasteiger charge is 2.19. The van der Waals surface area contributed by atoms with E-state index in [1.165, 1.54) is 0 Å². The highest BCUT2D eigenvalue weighted by Crippen LogP contribution is 2.32. The largest absolute Gasteiger partial charge is 0.379 e. The summed E-state index contributed by atoms with van der Waals surface area (Å²) in [5.74, 6) is -0.182. The molecule has 1 aromatic rings. The van der Waals surface area contributed by atoms with E-state index in [2.05, 4.69) is 16.0 Å². The summed E-state index contributed by atoms with van der Waals surface area (Å²) in [5.41, 5.74) is 0.766. The molecular weight excluding hydrogens is 272 g/mol. The van der Waals surface area contributed by atoms with Crippen LogP contribution in [0.15, 0.2) is 18.2 Å². The lowest BCUT2D eigenvalue weighted by molar-refractivity contribution is -0.383. The van der Waals surface area contributed by atoms with Crippen molar-refractivity contribution in [2.45, 2.75) is 26.7 Å². The standard InChI is InChI=1S/C14H22N4O3/c1-3-8-15-11-6-5-7-12(14(11)18(20)21)17-10-13(19)16-9-4-2/h5-7,15,17H,3-4,8-10H2,1-2H3,(H,16,19). The van der Waals surface area contributed by atoms with Gasteiger partial charge in [-0.15, -0.1) is 0 Å². The smallest absolute Gasteiger partial charge is 0.315 e. The summed E-state index contributed by atoms with van der Waals surface area (Å²) in [6.07, 6.45) is 1.72. The highest BCUT2D eigenvalue weighted by atomic mass is 16.6. The minimum Gasteiger partial charge on any atom is -0.379 e. The number of anilines is 2. The molecule has 0 saturated carbocycles. The van der Waals surface area contributed by atoms with Crippen LogP contribution in [0.4, 0.5) is 17.1 Å². The third-order valence-electron chi connectivity index (χ3n) is 2.80. The van der Waals surface area contributed by atoms with Crippen LogP contribution in [-0.2, 0) is 4.79 Å². The maximum Gasteiger partial charge on any atom is 0.315 e. The van der Waals surface area contributed by atoms with E-state index in [0.29, 0.717) is 24.5 Å². The zero-order valence-electron chi connectivity index (χ0n) is 12.4. The van der Waals surface area contributed by atoms with Crippen molar-refractivity contribution in [3.05, 3.63) is 28.3 Å². The third-order valence-corrected chi connectivity index (χ3v) is 2.80. The second kappa shape index (κ2) is 8.78. The molecule has 0 aromatic heterocycles. The number of amides is 1. The van der Waals surface area contributed by atoms with Crippen LogP contribution in [-0.4, -0.2) is 30.5 Å². The lowest BCUT2D eigenvalue weighted by Crippen LogP contribution is -2.30. The highest BCUT2D eigenvalue weighted by molar-refractivity contribution is 5.83. The Morgan fingerprint density at radius 2 is 1.76 bits per heavy atom. The summed E-state index contributed by atoms with van der Waals surface area (Å²) in [6.45, 7) is 5.21. The van der Waals surface area contributed by atoms with Crippen LogP contribution in [0.3, 0.4) is 0 Å². The van der Waals surface area contributed by atoms with Crippen LogP contribution >= 0.6 is 0 Å². The summed E-state index contributed by atoms with van der Waals surface area (Å²) < 4.78 is 0. The number of rotatable bonds is 9. The molecule has 0 aliphatic heterocycles. The summed E-state index contributed by atoms with van der Waals surface area (Å²) in [6, 6.07) is 4.98. The first kappa shape index (κ1) is 16.7. The molecule has 0 spiro atoms. The predicted molar refractivity (Wildman–Crippen MR) is 83.7 cm³/mol. The Morgan fingerprint density at radius 1 is 1.14 bits per heavy atom. The molecule has 1 amide bonds. The molecule has 0 aliphatic carbocycles. The molecule has 0 unspecified atom stereocenters. The zero-order valence-corrected chi connectivity index (χ0v) is 12.4. The molecule has 3 N–H and O–H groups in total. The number of benzene rings is 1. The number of nitrogens with one attached hydrogen (secondary N) is 3. The van der Waals surface area contributed by atoms with Crippen molar-refractivity contribution in [1.29, 1.82) is 0 Å². The number of hydrogen-bond donors (Lipinski definition) is 3. The van der Waals surface area contributed by atoms with E-state index in [1.807, 2.05) is 13.8 Å². The Balaban J connectivity index is 2.81. The van der Waals surface area contributed by atoms with E-state index in [9.17, 15) is 14.9 Å². The molecule has 0 fully saturated rings. The Morgan fingerprint density at radius 3 is 2.33 bits per heavy atom. The fourth-order valence-electron chi connectivity index (χ4n) is 1.79. The van der Waals surface area contributed by atoms with Crippen molar-refractivity contribution in [3.63, 3.8) is 0 Å². The van der Waals surface area contributed by atoms with Crippen molar-refractivity contribution < 1.29 is 9.72 Å². The molecule has 7 heteroatoms. The van der Waals surface area contributed by atoms with Gasteiger partial charge in [-0.2, -0.15) is 0 Å². The normalized spacial score (nSPS) is 10.0. The Kier molecular flexibility index (Phi) is 7.00. The van der Waals surface area contributed by atoms with E-state index in [4.69, 9.17) is 0 Å². The van der Waals surface area contributed by atoms with Gasteiger partial charge in [-0.3, -0.25) is 14.9 Å². The van der Waals surface area contributed by atoms with Crippen molar-refractivity contribution in [2.75, 3.05) is 30.3 Å². The minimum atomic E-state index is -0.440. The fraction of sp³-hybridized carbons (Fsp3) is 0.500. The van der Waals surface area contributed by atoms with Crippen LogP contribution in [0.25, 0.3) is 0 Å². The van der Waals surface area contributed by atoms with Crippen LogP contribution in [0.2, 0.25) is 0 Å². The number of carbonyl (C=O) groups is 1. The molecule has 0 atom stereocenters. The van der Waals surface area contributed by atoms with Gasteiger partial charge in [0.1, 0.15) is 11.4 Å². The molecule has 0 saturated heterocycles. The van der Waals surface area contributed by atoms with Crippen LogP contribution in [0.5, 0.6) is 0 Å². The lowest BCUT2D eigenvalue weighted by atomic mass is 10.2. The first-order valence-electron chi connectivity index (χ1n) is 7.12. The van der Waals surface area contributed by atoms with Gasteiger partial charge in [-0.25, -0.2) is 0 Å². The fourth-order valence-corrected chi connectivity index (χ4v) is 1.79. The molecular formula is C14H22N4O3. The van der Waals surface area contributed by atoms with Gasteiger partial charge in [-0.05, 0) is 25.0 Å². The van der Waals surface area contributed by atoms with Gasteiger partial charge in [-0.1, -0.05) is 19.9 Å². The van der Waals surface area contributed by atoms with Gasteiger partial charge >= 0.3 is 5.69 Å². The van der Waals surface area contributed by atoms with E-state index < -0.39 is 4.92 Å². The third kappa shape index (κ3) is 5.29. The van der Waals surface area contributed by atoms with Crippen molar-refractivity contribution >= 4 is 23.0 Å². The van der Waals surface area contributed by atoms with Gasteiger partial charge in [0.05, 0.1) is 11.5 Å². The minimum absolute atomic E-state index is 0.0120. The van der Waals surface area contributed by atoms with Gasteiger partial charge in [0.25, 0.3) is 0 Å². The summed E-state index contributed by atoms with van der Waals surface area (Å²) >= 11 is 0. The average molecular weight is 294 g/mol. The number of hydrogen-bond acceptors (Lipinski definition) is 5. The van der Waals surface area contributed by atoms with E-state index in [1.54, 1.807) is 18.2 Å². The number of nitro groups is 1. The average Bonchev–Trinajstić information content (AvgIpc) is 2.48. The Bertz CT molecular complexity index is 491. The van der Waals surface area contributed by atoms with Crippen LogP contribution < -0.4 is 16.0 Å². The first-order chi connectivity index (χ1) is 10.1. The molecule has 0 bridgehead atoms. The Labute approximate surface area is 124 Å². The van der Waals surface area contributed by atoms with Gasteiger partial charge in [0, 0.05) is 13.1 Å². The van der Waals surface area contributed by atoms with E-state index in [-0.39, 0.29) is 18.1 Å². The zero-order chi connectivity index (χ0) is 15.7. The summed E-state index contributed by atoms with van der Waals surface area (Å²) in [7, 11) is 0. The maximum absolute atomic E-state index is 11.6. The van der Waals surface area contributed by atoms with Crippen LogP contribution in [0, 0.1) is 10.1 Å². The predicted octanol–water partition coefficient (Wildman–Crippen LogP) is 2.35. The second-order valence-electron chi connectivity index (χ2n) is 4.59. The second-order valence-corrected chi connectivity index (χ2v) is 4.59. The summed E-state index contributed by atoms with van der Waals surface area (Å²) in [5, 5.41) is 19.8. The molecule has 0 heterocycles. The maximum atomic E-state index is 11.6. The molecule has 0 aliphatic rings. The quantitative estimate of drug-likeness (QED) is 0.480.